The summed E-state index contributed by atoms with van der Waals surface area (Å²) in [6.07, 6.45) is 0.703. The van der Waals surface area contributed by atoms with Gasteiger partial charge in [-0.3, -0.25) is 13.9 Å². The minimum absolute atomic E-state index is 0.0381. The average molecular weight is 554 g/mol. The van der Waals surface area contributed by atoms with Crippen molar-refractivity contribution in [1.29, 1.82) is 0 Å². The highest BCUT2D eigenvalue weighted by molar-refractivity contribution is 7.92. The van der Waals surface area contributed by atoms with E-state index in [1.807, 2.05) is 26.8 Å². The van der Waals surface area contributed by atoms with Gasteiger partial charge in [-0.25, -0.2) is 12.8 Å². The minimum atomic E-state index is -4.17. The third-order valence-electron chi connectivity index (χ3n) is 6.54. The number of nitrogens with one attached hydrogen (secondary N) is 1. The molecule has 0 aliphatic carbocycles. The smallest absolute Gasteiger partial charge is 0.264 e. The summed E-state index contributed by atoms with van der Waals surface area (Å²) in [6, 6.07) is 16.8. The first-order valence-electron chi connectivity index (χ1n) is 12.9. The quantitative estimate of drug-likeness (QED) is 0.366. The SMILES string of the molecule is CCCNC(=O)[C@H](C)N(Cc1ccccc1F)C(=O)CN(c1cc(C)ccc1C)S(=O)(=O)c1ccc(C)cc1. The second-order valence-corrected chi connectivity index (χ2v) is 11.6. The number of rotatable bonds is 11. The Bertz CT molecular complexity index is 1420. The Balaban J connectivity index is 2.07. The lowest BCUT2D eigenvalue weighted by Gasteiger charge is -2.32. The Morgan fingerprint density at radius 1 is 0.949 bits per heavy atom. The van der Waals surface area contributed by atoms with Gasteiger partial charge in [0.05, 0.1) is 10.6 Å². The Labute approximate surface area is 230 Å². The van der Waals surface area contributed by atoms with Gasteiger partial charge in [0.25, 0.3) is 10.0 Å². The molecule has 0 heterocycles. The molecule has 1 atom stereocenters. The number of carbonyl (C=O) groups is 2. The monoisotopic (exact) mass is 553 g/mol. The molecule has 7 nitrogen and oxygen atoms in total. The lowest BCUT2D eigenvalue weighted by atomic mass is 10.1. The zero-order valence-corrected chi connectivity index (χ0v) is 23.9. The summed E-state index contributed by atoms with van der Waals surface area (Å²) >= 11 is 0. The highest BCUT2D eigenvalue weighted by Crippen LogP contribution is 2.29. The van der Waals surface area contributed by atoms with Gasteiger partial charge in [-0.1, -0.05) is 55.0 Å². The largest absolute Gasteiger partial charge is 0.354 e. The van der Waals surface area contributed by atoms with Crippen molar-refractivity contribution in [1.82, 2.24) is 10.2 Å². The van der Waals surface area contributed by atoms with E-state index in [1.165, 1.54) is 29.2 Å². The number of anilines is 1. The lowest BCUT2D eigenvalue weighted by molar-refractivity contribution is -0.139. The van der Waals surface area contributed by atoms with Crippen LogP contribution in [0.2, 0.25) is 0 Å². The van der Waals surface area contributed by atoms with E-state index < -0.39 is 40.2 Å². The number of carbonyl (C=O) groups excluding carboxylic acids is 2. The Kier molecular flexibility index (Phi) is 9.86. The summed E-state index contributed by atoms with van der Waals surface area (Å²) in [7, 11) is -4.17. The molecule has 0 aliphatic rings. The summed E-state index contributed by atoms with van der Waals surface area (Å²) in [6.45, 7) is 8.58. The van der Waals surface area contributed by atoms with Gasteiger partial charge in [0, 0.05) is 18.7 Å². The van der Waals surface area contributed by atoms with Crippen LogP contribution in [0.5, 0.6) is 0 Å². The van der Waals surface area contributed by atoms with Crippen molar-refractivity contribution in [2.75, 3.05) is 17.4 Å². The van der Waals surface area contributed by atoms with Gasteiger partial charge in [-0.15, -0.1) is 0 Å². The fourth-order valence-corrected chi connectivity index (χ4v) is 5.60. The van der Waals surface area contributed by atoms with Crippen LogP contribution in [0.4, 0.5) is 10.1 Å². The summed E-state index contributed by atoms with van der Waals surface area (Å²) in [5, 5.41) is 2.77. The van der Waals surface area contributed by atoms with Gasteiger partial charge >= 0.3 is 0 Å². The Hall–Kier alpha value is -3.72. The number of hydrogen-bond donors (Lipinski definition) is 1. The van der Waals surface area contributed by atoms with Crippen molar-refractivity contribution in [3.05, 3.63) is 94.8 Å². The predicted molar refractivity (Wildman–Crippen MR) is 151 cm³/mol. The molecule has 0 spiro atoms. The number of benzene rings is 3. The molecule has 0 aliphatic heterocycles. The predicted octanol–water partition coefficient (Wildman–Crippen LogP) is 4.89. The van der Waals surface area contributed by atoms with E-state index in [9.17, 15) is 22.4 Å². The fourth-order valence-electron chi connectivity index (χ4n) is 4.13. The van der Waals surface area contributed by atoms with Crippen molar-refractivity contribution in [3.8, 4) is 0 Å². The van der Waals surface area contributed by atoms with Crippen LogP contribution in [-0.2, 0) is 26.2 Å². The van der Waals surface area contributed by atoms with Crippen LogP contribution in [0.25, 0.3) is 0 Å². The van der Waals surface area contributed by atoms with Crippen LogP contribution in [0.15, 0.2) is 71.6 Å². The van der Waals surface area contributed by atoms with Crippen LogP contribution in [0.3, 0.4) is 0 Å². The molecule has 0 unspecified atom stereocenters. The molecule has 0 bridgehead atoms. The molecular formula is C30H36FN3O4S. The van der Waals surface area contributed by atoms with Gasteiger partial charge < -0.3 is 10.2 Å². The van der Waals surface area contributed by atoms with Crippen molar-refractivity contribution >= 4 is 27.5 Å². The van der Waals surface area contributed by atoms with Crippen molar-refractivity contribution < 1.29 is 22.4 Å². The number of amides is 2. The molecule has 0 saturated carbocycles. The van der Waals surface area contributed by atoms with Crippen molar-refractivity contribution in [2.24, 2.45) is 0 Å². The van der Waals surface area contributed by atoms with Crippen LogP contribution in [0.1, 0.15) is 42.5 Å². The molecule has 2 amide bonds. The summed E-state index contributed by atoms with van der Waals surface area (Å²) in [5.74, 6) is -1.55. The molecule has 3 rings (SSSR count). The first kappa shape index (κ1) is 29.8. The molecule has 3 aromatic rings. The highest BCUT2D eigenvalue weighted by atomic mass is 32.2. The molecule has 0 radical (unpaired) electrons. The maximum Gasteiger partial charge on any atom is 0.264 e. The first-order valence-corrected chi connectivity index (χ1v) is 14.4. The van der Waals surface area contributed by atoms with Gasteiger partial charge in [0.15, 0.2) is 0 Å². The van der Waals surface area contributed by atoms with E-state index in [0.29, 0.717) is 24.2 Å². The highest BCUT2D eigenvalue weighted by Gasteiger charge is 2.33. The Morgan fingerprint density at radius 3 is 2.23 bits per heavy atom. The molecule has 0 saturated heterocycles. The van der Waals surface area contributed by atoms with Gasteiger partial charge in [-0.2, -0.15) is 0 Å². The summed E-state index contributed by atoms with van der Waals surface area (Å²) < 4.78 is 43.6. The summed E-state index contributed by atoms with van der Waals surface area (Å²) in [5.41, 5.74) is 2.96. The first-order chi connectivity index (χ1) is 18.4. The van der Waals surface area contributed by atoms with Crippen LogP contribution >= 0.6 is 0 Å². The van der Waals surface area contributed by atoms with Crippen molar-refractivity contribution in [2.45, 2.75) is 58.5 Å². The van der Waals surface area contributed by atoms with E-state index >= 15 is 0 Å². The number of hydrogen-bond acceptors (Lipinski definition) is 4. The normalized spacial score (nSPS) is 12.1. The zero-order chi connectivity index (χ0) is 28.7. The van der Waals surface area contributed by atoms with E-state index in [0.717, 1.165) is 15.4 Å². The van der Waals surface area contributed by atoms with E-state index in [1.54, 1.807) is 50.2 Å². The van der Waals surface area contributed by atoms with Gasteiger partial charge in [0.2, 0.25) is 11.8 Å². The maximum absolute atomic E-state index is 14.6. The second-order valence-electron chi connectivity index (χ2n) is 9.69. The number of aryl methyl sites for hydroxylation is 3. The molecule has 39 heavy (non-hydrogen) atoms. The van der Waals surface area contributed by atoms with Crippen LogP contribution in [0, 0.1) is 26.6 Å². The van der Waals surface area contributed by atoms with Gasteiger partial charge in [-0.05, 0) is 69.5 Å². The molecule has 9 heteroatoms. The van der Waals surface area contributed by atoms with Crippen LogP contribution < -0.4 is 9.62 Å². The fraction of sp³-hybridized carbons (Fsp3) is 0.333. The van der Waals surface area contributed by atoms with Gasteiger partial charge in [0.1, 0.15) is 18.4 Å². The zero-order valence-electron chi connectivity index (χ0n) is 23.1. The average Bonchev–Trinajstić information content (AvgIpc) is 2.91. The third kappa shape index (κ3) is 7.23. The molecule has 208 valence electrons. The lowest BCUT2D eigenvalue weighted by Crippen LogP contribution is -2.51. The third-order valence-corrected chi connectivity index (χ3v) is 8.31. The van der Waals surface area contributed by atoms with E-state index in [-0.39, 0.29) is 17.0 Å². The summed E-state index contributed by atoms with van der Waals surface area (Å²) in [4.78, 5) is 28.1. The van der Waals surface area contributed by atoms with E-state index in [4.69, 9.17) is 0 Å². The number of halogens is 1. The maximum atomic E-state index is 14.6. The molecule has 0 aromatic heterocycles. The number of sulfonamides is 1. The second kappa shape index (κ2) is 12.9. The minimum Gasteiger partial charge on any atom is -0.354 e. The van der Waals surface area contributed by atoms with Crippen molar-refractivity contribution in [3.63, 3.8) is 0 Å². The molecule has 1 N–H and O–H groups in total. The Morgan fingerprint density at radius 2 is 1.59 bits per heavy atom. The molecular weight excluding hydrogens is 517 g/mol. The number of nitrogens with zero attached hydrogens (tertiary/aromatic N) is 2. The van der Waals surface area contributed by atoms with Crippen LogP contribution in [-0.4, -0.2) is 44.3 Å². The standard InChI is InChI=1S/C30H36FN3O4S/c1-6-17-32-30(36)24(5)33(19-25-9-7-8-10-27(25)31)29(35)20-34(28-18-22(3)11-14-23(28)4)39(37,38)26-15-12-21(2)13-16-26/h7-16,18,24H,6,17,19-20H2,1-5H3,(H,32,36)/t24-/m0/s1. The van der Waals surface area contributed by atoms with E-state index in [2.05, 4.69) is 5.32 Å². The topological polar surface area (TPSA) is 86.8 Å². The molecule has 0 fully saturated rings. The molecule has 3 aromatic carbocycles.